The Hall–Kier alpha value is -2.62. The largest absolute Gasteiger partial charge is 0.508 e. The number of benzene rings is 2. The molecule has 0 aromatic heterocycles. The van der Waals surface area contributed by atoms with Crippen LogP contribution in [0.3, 0.4) is 0 Å². The molecule has 2 aromatic carbocycles. The zero-order valence-electron chi connectivity index (χ0n) is 9.83. The van der Waals surface area contributed by atoms with Gasteiger partial charge in [0.2, 0.25) is 0 Å². The number of rotatable bonds is 1. The lowest BCUT2D eigenvalue weighted by Crippen LogP contribution is -2.12. The number of hydrogen-bond donors (Lipinski definition) is 2. The lowest BCUT2D eigenvalue weighted by atomic mass is 9.93. The van der Waals surface area contributed by atoms with Gasteiger partial charge in [-0.3, -0.25) is 9.59 Å². The lowest BCUT2D eigenvalue weighted by Gasteiger charge is -2.09. The zero-order chi connectivity index (χ0) is 13.6. The van der Waals surface area contributed by atoms with E-state index in [1.807, 2.05) is 0 Å². The SMILES string of the molecule is O=C1c2ccccc2C(=O)C1c1cc(O)ccc1O. The molecular weight excluding hydrogens is 244 g/mol. The first-order valence-corrected chi connectivity index (χ1v) is 5.79. The first kappa shape index (κ1) is 11.5. The van der Waals surface area contributed by atoms with Gasteiger partial charge in [-0.25, -0.2) is 0 Å². The monoisotopic (exact) mass is 254 g/mol. The van der Waals surface area contributed by atoms with E-state index in [4.69, 9.17) is 0 Å². The zero-order valence-corrected chi connectivity index (χ0v) is 9.83. The lowest BCUT2D eigenvalue weighted by molar-refractivity contribution is 0.0888. The molecule has 3 rings (SSSR count). The van der Waals surface area contributed by atoms with Crippen molar-refractivity contribution in [1.29, 1.82) is 0 Å². The molecule has 0 radical (unpaired) electrons. The van der Waals surface area contributed by atoms with E-state index >= 15 is 0 Å². The molecule has 0 atom stereocenters. The molecule has 0 heterocycles. The smallest absolute Gasteiger partial charge is 0.178 e. The summed E-state index contributed by atoms with van der Waals surface area (Å²) < 4.78 is 0. The summed E-state index contributed by atoms with van der Waals surface area (Å²) in [5.74, 6) is -2.02. The van der Waals surface area contributed by atoms with Crippen molar-refractivity contribution in [2.45, 2.75) is 5.92 Å². The van der Waals surface area contributed by atoms with Gasteiger partial charge in [0.15, 0.2) is 11.6 Å². The van der Waals surface area contributed by atoms with Crippen molar-refractivity contribution in [2.75, 3.05) is 0 Å². The van der Waals surface area contributed by atoms with Crippen LogP contribution in [-0.4, -0.2) is 21.8 Å². The molecule has 2 aromatic rings. The molecule has 19 heavy (non-hydrogen) atoms. The Morgan fingerprint density at radius 3 is 2.00 bits per heavy atom. The van der Waals surface area contributed by atoms with Crippen molar-refractivity contribution in [3.05, 3.63) is 59.2 Å². The summed E-state index contributed by atoms with van der Waals surface area (Å²) in [6.07, 6.45) is 0. The van der Waals surface area contributed by atoms with E-state index in [1.165, 1.54) is 18.2 Å². The average Bonchev–Trinajstić information content (AvgIpc) is 2.66. The summed E-state index contributed by atoms with van der Waals surface area (Å²) >= 11 is 0. The predicted molar refractivity (Wildman–Crippen MR) is 67.6 cm³/mol. The first-order chi connectivity index (χ1) is 9.09. The Balaban J connectivity index is 2.17. The van der Waals surface area contributed by atoms with Crippen LogP contribution in [0.5, 0.6) is 11.5 Å². The van der Waals surface area contributed by atoms with Crippen molar-refractivity contribution in [1.82, 2.24) is 0 Å². The van der Waals surface area contributed by atoms with E-state index in [0.717, 1.165) is 0 Å². The van der Waals surface area contributed by atoms with Crippen LogP contribution in [0.2, 0.25) is 0 Å². The molecule has 4 heteroatoms. The highest BCUT2D eigenvalue weighted by Gasteiger charge is 2.40. The van der Waals surface area contributed by atoms with Crippen LogP contribution < -0.4 is 0 Å². The quantitative estimate of drug-likeness (QED) is 0.604. The number of phenols is 2. The Labute approximate surface area is 108 Å². The standard InChI is InChI=1S/C15H10O4/c16-8-5-6-12(17)11(7-8)13-14(18)9-3-1-2-4-10(9)15(13)19/h1-7,13,16-17H. The highest BCUT2D eigenvalue weighted by Crippen LogP contribution is 2.38. The second-order valence-corrected chi connectivity index (χ2v) is 4.45. The highest BCUT2D eigenvalue weighted by atomic mass is 16.3. The van der Waals surface area contributed by atoms with E-state index in [1.54, 1.807) is 24.3 Å². The third-order valence-corrected chi connectivity index (χ3v) is 3.30. The number of carbonyl (C=O) groups is 2. The topological polar surface area (TPSA) is 74.6 Å². The van der Waals surface area contributed by atoms with Gasteiger partial charge in [-0.2, -0.15) is 0 Å². The van der Waals surface area contributed by atoms with Crippen LogP contribution in [0.15, 0.2) is 42.5 Å². The number of phenolic OH excluding ortho intramolecular Hbond substituents is 2. The molecule has 4 nitrogen and oxygen atoms in total. The highest BCUT2D eigenvalue weighted by molar-refractivity contribution is 6.29. The minimum absolute atomic E-state index is 0.0932. The molecule has 0 aliphatic heterocycles. The number of ketones is 2. The third-order valence-electron chi connectivity index (χ3n) is 3.30. The van der Waals surface area contributed by atoms with Gasteiger partial charge in [-0.05, 0) is 18.2 Å². The number of fused-ring (bicyclic) bond motifs is 1. The maximum Gasteiger partial charge on any atom is 0.178 e. The van der Waals surface area contributed by atoms with Gasteiger partial charge < -0.3 is 10.2 Å². The Bertz CT molecular complexity index is 668. The molecule has 0 saturated carbocycles. The second-order valence-electron chi connectivity index (χ2n) is 4.45. The molecule has 0 spiro atoms. The molecule has 0 bridgehead atoms. The van der Waals surface area contributed by atoms with E-state index in [-0.39, 0.29) is 28.6 Å². The van der Waals surface area contributed by atoms with Gasteiger partial charge >= 0.3 is 0 Å². The van der Waals surface area contributed by atoms with Crippen molar-refractivity contribution in [3.8, 4) is 11.5 Å². The van der Waals surface area contributed by atoms with Crippen LogP contribution in [0.1, 0.15) is 32.2 Å². The number of carbonyl (C=O) groups excluding carboxylic acids is 2. The maximum absolute atomic E-state index is 12.3. The summed E-state index contributed by atoms with van der Waals surface area (Å²) in [4.78, 5) is 24.5. The van der Waals surface area contributed by atoms with E-state index < -0.39 is 5.92 Å². The van der Waals surface area contributed by atoms with Crippen molar-refractivity contribution in [3.63, 3.8) is 0 Å². The second kappa shape index (κ2) is 3.95. The fourth-order valence-electron chi connectivity index (χ4n) is 2.40. The first-order valence-electron chi connectivity index (χ1n) is 5.79. The van der Waals surface area contributed by atoms with Gasteiger partial charge in [-0.15, -0.1) is 0 Å². The Morgan fingerprint density at radius 2 is 1.42 bits per heavy atom. The molecule has 0 saturated heterocycles. The molecule has 0 unspecified atom stereocenters. The van der Waals surface area contributed by atoms with Crippen LogP contribution in [-0.2, 0) is 0 Å². The average molecular weight is 254 g/mol. The molecule has 94 valence electrons. The van der Waals surface area contributed by atoms with Crippen LogP contribution in [0.4, 0.5) is 0 Å². The number of Topliss-reactive ketones (excluding diaryl/α,β-unsaturated/α-hetero) is 2. The Morgan fingerprint density at radius 1 is 0.842 bits per heavy atom. The van der Waals surface area contributed by atoms with Crippen LogP contribution in [0.25, 0.3) is 0 Å². The molecule has 1 aliphatic rings. The van der Waals surface area contributed by atoms with Crippen molar-refractivity contribution in [2.24, 2.45) is 0 Å². The van der Waals surface area contributed by atoms with Crippen molar-refractivity contribution < 1.29 is 19.8 Å². The van der Waals surface area contributed by atoms with E-state index in [9.17, 15) is 19.8 Å². The third kappa shape index (κ3) is 1.61. The summed E-state index contributed by atoms with van der Waals surface area (Å²) in [5.41, 5.74) is 0.867. The molecule has 0 amide bonds. The minimum atomic E-state index is -1.07. The summed E-state index contributed by atoms with van der Waals surface area (Å²) in [6, 6.07) is 10.4. The van der Waals surface area contributed by atoms with Crippen LogP contribution >= 0.6 is 0 Å². The predicted octanol–water partition coefficient (Wildman–Crippen LogP) is 2.26. The molecule has 2 N–H and O–H groups in total. The van der Waals surface area contributed by atoms with Gasteiger partial charge in [0, 0.05) is 16.7 Å². The van der Waals surface area contributed by atoms with Crippen molar-refractivity contribution >= 4 is 11.6 Å². The summed E-state index contributed by atoms with van der Waals surface area (Å²) in [7, 11) is 0. The molecule has 1 aliphatic carbocycles. The van der Waals surface area contributed by atoms with E-state index in [0.29, 0.717) is 11.1 Å². The normalized spacial score (nSPS) is 14.7. The number of aromatic hydroxyl groups is 2. The maximum atomic E-state index is 12.3. The summed E-state index contributed by atoms with van der Waals surface area (Å²) in [6.45, 7) is 0. The fourth-order valence-corrected chi connectivity index (χ4v) is 2.40. The van der Waals surface area contributed by atoms with Gasteiger partial charge in [0.05, 0.1) is 0 Å². The summed E-state index contributed by atoms with van der Waals surface area (Å²) in [5, 5.41) is 19.2. The minimum Gasteiger partial charge on any atom is -0.508 e. The fraction of sp³-hybridized carbons (Fsp3) is 0.0667. The number of hydrogen-bond acceptors (Lipinski definition) is 4. The Kier molecular flexibility index (Phi) is 2.38. The van der Waals surface area contributed by atoms with Gasteiger partial charge in [0.25, 0.3) is 0 Å². The van der Waals surface area contributed by atoms with Crippen LogP contribution in [0, 0.1) is 0 Å². The van der Waals surface area contributed by atoms with E-state index in [2.05, 4.69) is 0 Å². The molecular formula is C15H10O4. The van der Waals surface area contributed by atoms with Gasteiger partial charge in [-0.1, -0.05) is 24.3 Å². The molecule has 0 fully saturated rings. The van der Waals surface area contributed by atoms with Gasteiger partial charge in [0.1, 0.15) is 17.4 Å².